The fourth-order valence-corrected chi connectivity index (χ4v) is 1.38. The number of anilines is 1. The molecule has 0 bridgehead atoms. The Kier molecular flexibility index (Phi) is 5.29. The van der Waals surface area contributed by atoms with Crippen LogP contribution >= 0.6 is 11.6 Å². The molecule has 1 unspecified atom stereocenters. The highest BCUT2D eigenvalue weighted by Gasteiger charge is 2.08. The number of nitrogens with one attached hydrogen (secondary N) is 1. The number of rotatable bonds is 5. The monoisotopic (exact) mass is 241 g/mol. The van der Waals surface area contributed by atoms with Crippen LogP contribution in [0, 0.1) is 0 Å². The number of hydrogen-bond donors (Lipinski definition) is 2. The van der Waals surface area contributed by atoms with Gasteiger partial charge in [0.15, 0.2) is 0 Å². The number of aliphatic hydroxyl groups excluding tert-OH is 1. The number of aliphatic hydroxyl groups is 1. The summed E-state index contributed by atoms with van der Waals surface area (Å²) in [5.41, 5.74) is 1.84. The summed E-state index contributed by atoms with van der Waals surface area (Å²) in [5, 5.41) is 10.9. The molecule has 16 heavy (non-hydrogen) atoms. The molecule has 0 aliphatic rings. The zero-order valence-electron chi connectivity index (χ0n) is 9.24. The van der Waals surface area contributed by atoms with Crippen LogP contribution in [0.1, 0.15) is 18.9 Å². The first-order valence-corrected chi connectivity index (χ1v) is 5.72. The van der Waals surface area contributed by atoms with E-state index < -0.39 is 5.38 Å². The Morgan fingerprint density at radius 3 is 2.94 bits per heavy atom. The molecule has 0 heterocycles. The Hall–Kier alpha value is -1.06. The minimum absolute atomic E-state index is 0.176. The first-order chi connectivity index (χ1) is 7.63. The molecule has 1 amide bonds. The van der Waals surface area contributed by atoms with E-state index in [4.69, 9.17) is 16.7 Å². The van der Waals surface area contributed by atoms with Gasteiger partial charge in [0.1, 0.15) is 5.38 Å². The van der Waals surface area contributed by atoms with Gasteiger partial charge in [-0.15, -0.1) is 11.6 Å². The average Bonchev–Trinajstić information content (AvgIpc) is 2.26. The van der Waals surface area contributed by atoms with Crippen LogP contribution in [0.25, 0.3) is 0 Å². The van der Waals surface area contributed by atoms with Crippen molar-refractivity contribution in [3.05, 3.63) is 29.8 Å². The van der Waals surface area contributed by atoms with Gasteiger partial charge in [-0.05, 0) is 37.5 Å². The normalized spacial score (nSPS) is 12.2. The maximum Gasteiger partial charge on any atom is 0.242 e. The van der Waals surface area contributed by atoms with Gasteiger partial charge >= 0.3 is 0 Å². The highest BCUT2D eigenvalue weighted by atomic mass is 35.5. The highest BCUT2D eigenvalue weighted by Crippen LogP contribution is 2.13. The summed E-state index contributed by atoms with van der Waals surface area (Å²) in [6, 6.07) is 7.56. The van der Waals surface area contributed by atoms with E-state index in [2.05, 4.69) is 5.32 Å². The Balaban J connectivity index is 2.63. The Morgan fingerprint density at radius 1 is 1.56 bits per heavy atom. The third-order valence-electron chi connectivity index (χ3n) is 2.18. The second kappa shape index (κ2) is 6.51. The molecule has 0 aliphatic carbocycles. The molecule has 88 valence electrons. The van der Waals surface area contributed by atoms with Gasteiger partial charge in [0.2, 0.25) is 5.91 Å². The number of alkyl halides is 1. The highest BCUT2D eigenvalue weighted by molar-refractivity contribution is 6.32. The predicted molar refractivity (Wildman–Crippen MR) is 65.8 cm³/mol. The summed E-state index contributed by atoms with van der Waals surface area (Å²) in [5.74, 6) is -0.207. The van der Waals surface area contributed by atoms with Crippen molar-refractivity contribution in [3.8, 4) is 0 Å². The minimum Gasteiger partial charge on any atom is -0.396 e. The van der Waals surface area contributed by atoms with Crippen LogP contribution in [0.2, 0.25) is 0 Å². The second-order valence-corrected chi connectivity index (χ2v) is 4.29. The van der Waals surface area contributed by atoms with Gasteiger partial charge in [-0.3, -0.25) is 4.79 Å². The zero-order valence-corrected chi connectivity index (χ0v) is 10.00. The molecular formula is C12H16ClNO2. The first-order valence-electron chi connectivity index (χ1n) is 5.28. The lowest BCUT2D eigenvalue weighted by Gasteiger charge is -2.08. The number of carbonyl (C=O) groups is 1. The molecule has 0 radical (unpaired) electrons. The van der Waals surface area contributed by atoms with E-state index in [1.807, 2.05) is 24.3 Å². The molecule has 0 aromatic heterocycles. The zero-order chi connectivity index (χ0) is 12.0. The molecule has 1 rings (SSSR count). The number of hydrogen-bond acceptors (Lipinski definition) is 2. The van der Waals surface area contributed by atoms with E-state index in [0.29, 0.717) is 0 Å². The third kappa shape index (κ3) is 4.21. The molecule has 4 heteroatoms. The molecule has 0 saturated carbocycles. The molecule has 0 spiro atoms. The lowest BCUT2D eigenvalue weighted by atomic mass is 10.1. The number of aryl methyl sites for hydroxylation is 1. The molecular weight excluding hydrogens is 226 g/mol. The summed E-state index contributed by atoms with van der Waals surface area (Å²) in [6.07, 6.45) is 1.53. The Labute approximate surface area is 100 Å². The van der Waals surface area contributed by atoms with Gasteiger partial charge in [-0.1, -0.05) is 12.1 Å². The number of halogens is 1. The van der Waals surface area contributed by atoms with Gasteiger partial charge in [-0.25, -0.2) is 0 Å². The Bertz CT molecular complexity index is 353. The van der Waals surface area contributed by atoms with Gasteiger partial charge < -0.3 is 10.4 Å². The average molecular weight is 242 g/mol. The van der Waals surface area contributed by atoms with Gasteiger partial charge in [0.25, 0.3) is 0 Å². The fourth-order valence-electron chi connectivity index (χ4n) is 1.33. The second-order valence-electron chi connectivity index (χ2n) is 3.63. The van der Waals surface area contributed by atoms with Crippen LogP contribution in [0.4, 0.5) is 5.69 Å². The van der Waals surface area contributed by atoms with E-state index in [0.717, 1.165) is 24.1 Å². The fraction of sp³-hybridized carbons (Fsp3) is 0.417. The van der Waals surface area contributed by atoms with Crippen molar-refractivity contribution in [2.75, 3.05) is 11.9 Å². The van der Waals surface area contributed by atoms with Crippen LogP contribution in [0.3, 0.4) is 0 Å². The van der Waals surface area contributed by atoms with E-state index in [1.54, 1.807) is 6.92 Å². The SMILES string of the molecule is CC(Cl)C(=O)Nc1cccc(CCCO)c1. The van der Waals surface area contributed by atoms with E-state index >= 15 is 0 Å². The van der Waals surface area contributed by atoms with Crippen molar-refractivity contribution < 1.29 is 9.90 Å². The molecule has 1 aromatic rings. The van der Waals surface area contributed by atoms with Crippen LogP contribution in [0.5, 0.6) is 0 Å². The number of amides is 1. The number of carbonyl (C=O) groups excluding carboxylic acids is 1. The molecule has 2 N–H and O–H groups in total. The van der Waals surface area contributed by atoms with Crippen molar-refractivity contribution in [3.63, 3.8) is 0 Å². The van der Waals surface area contributed by atoms with Crippen molar-refractivity contribution >= 4 is 23.2 Å². The lowest BCUT2D eigenvalue weighted by Crippen LogP contribution is -2.20. The van der Waals surface area contributed by atoms with Crippen molar-refractivity contribution in [2.24, 2.45) is 0 Å². The van der Waals surface area contributed by atoms with Gasteiger partial charge in [-0.2, -0.15) is 0 Å². The van der Waals surface area contributed by atoms with Crippen LogP contribution in [-0.4, -0.2) is 23.0 Å². The molecule has 0 saturated heterocycles. The van der Waals surface area contributed by atoms with Crippen molar-refractivity contribution in [2.45, 2.75) is 25.1 Å². The summed E-state index contributed by atoms with van der Waals surface area (Å²) in [7, 11) is 0. The topological polar surface area (TPSA) is 49.3 Å². The molecule has 0 fully saturated rings. The maximum absolute atomic E-state index is 11.4. The first kappa shape index (κ1) is 13.0. The van der Waals surface area contributed by atoms with Crippen LogP contribution in [0.15, 0.2) is 24.3 Å². The Morgan fingerprint density at radius 2 is 2.31 bits per heavy atom. The smallest absolute Gasteiger partial charge is 0.242 e. The summed E-state index contributed by atoms with van der Waals surface area (Å²) >= 11 is 5.66. The maximum atomic E-state index is 11.4. The summed E-state index contributed by atoms with van der Waals surface area (Å²) in [4.78, 5) is 11.4. The molecule has 1 atom stereocenters. The van der Waals surface area contributed by atoms with Gasteiger partial charge in [0, 0.05) is 12.3 Å². The van der Waals surface area contributed by atoms with Crippen molar-refractivity contribution in [1.29, 1.82) is 0 Å². The van der Waals surface area contributed by atoms with Crippen molar-refractivity contribution in [1.82, 2.24) is 0 Å². The molecule has 1 aromatic carbocycles. The largest absolute Gasteiger partial charge is 0.396 e. The summed E-state index contributed by atoms with van der Waals surface area (Å²) < 4.78 is 0. The lowest BCUT2D eigenvalue weighted by molar-refractivity contribution is -0.115. The third-order valence-corrected chi connectivity index (χ3v) is 2.38. The number of benzene rings is 1. The van der Waals surface area contributed by atoms with E-state index in [9.17, 15) is 4.79 Å². The minimum atomic E-state index is -0.541. The van der Waals surface area contributed by atoms with Crippen LogP contribution in [-0.2, 0) is 11.2 Å². The predicted octanol–water partition coefficient (Wildman–Crippen LogP) is 2.18. The molecule has 3 nitrogen and oxygen atoms in total. The van der Waals surface area contributed by atoms with Gasteiger partial charge in [0.05, 0.1) is 0 Å². The standard InChI is InChI=1S/C12H16ClNO2/c1-9(13)12(16)14-11-6-2-4-10(8-11)5-3-7-15/h2,4,6,8-9,15H,3,5,7H2,1H3,(H,14,16). The summed E-state index contributed by atoms with van der Waals surface area (Å²) in [6.45, 7) is 1.81. The van der Waals surface area contributed by atoms with E-state index in [1.165, 1.54) is 0 Å². The van der Waals surface area contributed by atoms with E-state index in [-0.39, 0.29) is 12.5 Å². The van der Waals surface area contributed by atoms with Crippen LogP contribution < -0.4 is 5.32 Å². The quantitative estimate of drug-likeness (QED) is 0.777. The molecule has 0 aliphatic heterocycles.